The second-order valence-electron chi connectivity index (χ2n) is 6.58. The Morgan fingerprint density at radius 3 is 2.37 bits per heavy atom. The van der Waals surface area contributed by atoms with Gasteiger partial charge >= 0.3 is 6.03 Å². The van der Waals surface area contributed by atoms with Crippen molar-refractivity contribution >= 4 is 23.5 Å². The fraction of sp³-hybridized carbons (Fsp3) is 0.250. The van der Waals surface area contributed by atoms with Crippen LogP contribution in [0.25, 0.3) is 0 Å². The highest BCUT2D eigenvalue weighted by Crippen LogP contribution is 2.29. The topological polar surface area (TPSA) is 79.0 Å². The number of nitrogens with one attached hydrogen (secondary N) is 1. The summed E-state index contributed by atoms with van der Waals surface area (Å²) in [6.07, 6.45) is 0.583. The van der Waals surface area contributed by atoms with Crippen LogP contribution in [-0.2, 0) is 9.59 Å². The quantitative estimate of drug-likeness (QED) is 0.907. The molecule has 2 unspecified atom stereocenters. The highest BCUT2D eigenvalue weighted by Gasteiger charge is 2.49. The van der Waals surface area contributed by atoms with Gasteiger partial charge in [-0.05, 0) is 42.8 Å². The van der Waals surface area contributed by atoms with Crippen LogP contribution >= 0.6 is 0 Å². The minimum Gasteiger partial charge on any atom is -0.457 e. The average molecular weight is 365 g/mol. The molecule has 2 atom stereocenters. The summed E-state index contributed by atoms with van der Waals surface area (Å²) >= 11 is 0. The summed E-state index contributed by atoms with van der Waals surface area (Å²) in [7, 11) is 0. The number of carbonyl (C=O) groups excluding carboxylic acids is 3. The molecule has 2 aliphatic heterocycles. The van der Waals surface area contributed by atoms with E-state index in [0.717, 1.165) is 4.90 Å². The molecule has 2 aromatic carbocycles. The van der Waals surface area contributed by atoms with Gasteiger partial charge in [0, 0.05) is 13.5 Å². The molecule has 7 heteroatoms. The van der Waals surface area contributed by atoms with Crippen molar-refractivity contribution in [1.82, 2.24) is 10.2 Å². The zero-order chi connectivity index (χ0) is 19.0. The third-order valence-electron chi connectivity index (χ3n) is 4.86. The maximum Gasteiger partial charge on any atom is 0.329 e. The van der Waals surface area contributed by atoms with Gasteiger partial charge in [0.1, 0.15) is 17.5 Å². The number of fused-ring (bicyclic) bond motifs is 1. The number of anilines is 1. The molecule has 2 heterocycles. The number of hydrogen-bond acceptors (Lipinski definition) is 4. The van der Waals surface area contributed by atoms with Crippen LogP contribution in [0.5, 0.6) is 11.5 Å². The smallest absolute Gasteiger partial charge is 0.329 e. The Bertz CT molecular complexity index is 882. The molecule has 0 aliphatic carbocycles. The standard InChI is InChI=1S/C20H19N3O4/c1-13(24)22-12-11-17-18(22)19(25)23(20(26)21-17)14-7-9-16(10-8-14)27-15-5-3-2-4-6-15/h2-10,17-18H,11-12H2,1H3,(H,21,26). The van der Waals surface area contributed by atoms with E-state index in [0.29, 0.717) is 30.2 Å². The normalized spacial score (nSPS) is 21.7. The molecule has 4 amide bonds. The molecule has 2 saturated heterocycles. The highest BCUT2D eigenvalue weighted by atomic mass is 16.5. The molecule has 7 nitrogen and oxygen atoms in total. The van der Waals surface area contributed by atoms with Gasteiger partial charge in [-0.3, -0.25) is 9.59 Å². The second-order valence-corrected chi connectivity index (χ2v) is 6.58. The summed E-state index contributed by atoms with van der Waals surface area (Å²) in [6, 6.07) is 14.6. The Labute approximate surface area is 156 Å². The minimum atomic E-state index is -0.652. The number of imide groups is 1. The maximum atomic E-state index is 12.9. The molecular weight excluding hydrogens is 346 g/mol. The number of amides is 4. The molecular formula is C20H19N3O4. The van der Waals surface area contributed by atoms with E-state index in [9.17, 15) is 14.4 Å². The van der Waals surface area contributed by atoms with Crippen LogP contribution < -0.4 is 15.0 Å². The Morgan fingerprint density at radius 1 is 1.04 bits per heavy atom. The van der Waals surface area contributed by atoms with Crippen LogP contribution in [0.4, 0.5) is 10.5 Å². The lowest BCUT2D eigenvalue weighted by Gasteiger charge is -2.36. The van der Waals surface area contributed by atoms with Crippen molar-refractivity contribution in [3.63, 3.8) is 0 Å². The molecule has 4 rings (SSSR count). The summed E-state index contributed by atoms with van der Waals surface area (Å²) in [5.41, 5.74) is 0.437. The number of hydrogen-bond donors (Lipinski definition) is 1. The van der Waals surface area contributed by atoms with Gasteiger partial charge in [0.25, 0.3) is 5.91 Å². The molecule has 0 radical (unpaired) electrons. The molecule has 138 valence electrons. The maximum absolute atomic E-state index is 12.9. The number of urea groups is 1. The van der Waals surface area contributed by atoms with E-state index in [1.54, 1.807) is 24.3 Å². The predicted octanol–water partition coefficient (Wildman–Crippen LogP) is 2.52. The molecule has 0 bridgehead atoms. The van der Waals surface area contributed by atoms with Gasteiger partial charge in [-0.15, -0.1) is 0 Å². The van der Waals surface area contributed by atoms with Crippen LogP contribution in [-0.4, -0.2) is 41.4 Å². The first kappa shape index (κ1) is 17.1. The van der Waals surface area contributed by atoms with Gasteiger partial charge in [0.05, 0.1) is 11.7 Å². The molecule has 27 heavy (non-hydrogen) atoms. The number of ether oxygens (including phenoxy) is 1. The third kappa shape index (κ3) is 3.12. The first-order valence-corrected chi connectivity index (χ1v) is 8.79. The monoisotopic (exact) mass is 365 g/mol. The van der Waals surface area contributed by atoms with E-state index in [2.05, 4.69) is 5.32 Å². The Morgan fingerprint density at radius 2 is 1.70 bits per heavy atom. The van der Waals surface area contributed by atoms with Crippen molar-refractivity contribution in [3.8, 4) is 11.5 Å². The van der Waals surface area contributed by atoms with Crippen molar-refractivity contribution in [1.29, 1.82) is 0 Å². The molecule has 0 aromatic heterocycles. The first-order valence-electron chi connectivity index (χ1n) is 8.79. The number of carbonyl (C=O) groups is 3. The molecule has 1 N–H and O–H groups in total. The minimum absolute atomic E-state index is 0.168. The number of nitrogens with zero attached hydrogens (tertiary/aromatic N) is 2. The number of para-hydroxylation sites is 1. The number of benzene rings is 2. The van der Waals surface area contributed by atoms with Crippen molar-refractivity contribution in [2.24, 2.45) is 0 Å². The average Bonchev–Trinajstić information content (AvgIpc) is 3.08. The van der Waals surface area contributed by atoms with E-state index in [4.69, 9.17) is 4.74 Å². The summed E-state index contributed by atoms with van der Waals surface area (Å²) < 4.78 is 5.74. The van der Waals surface area contributed by atoms with Crippen molar-refractivity contribution in [2.45, 2.75) is 25.4 Å². The Balaban J connectivity index is 1.56. The third-order valence-corrected chi connectivity index (χ3v) is 4.86. The highest BCUT2D eigenvalue weighted by molar-refractivity contribution is 6.19. The van der Waals surface area contributed by atoms with E-state index in [-0.39, 0.29) is 17.9 Å². The van der Waals surface area contributed by atoms with Crippen LogP contribution in [0, 0.1) is 0 Å². The summed E-state index contributed by atoms with van der Waals surface area (Å²) in [5.74, 6) is 0.744. The molecule has 0 spiro atoms. The molecule has 0 saturated carbocycles. The first-order chi connectivity index (χ1) is 13.0. The summed E-state index contributed by atoms with van der Waals surface area (Å²) in [5, 5.41) is 2.84. The van der Waals surface area contributed by atoms with Gasteiger partial charge < -0.3 is 15.0 Å². The van der Waals surface area contributed by atoms with Crippen molar-refractivity contribution in [2.75, 3.05) is 11.4 Å². The zero-order valence-electron chi connectivity index (χ0n) is 14.8. The summed E-state index contributed by atoms with van der Waals surface area (Å²) in [4.78, 5) is 39.8. The van der Waals surface area contributed by atoms with Gasteiger partial charge in [-0.2, -0.15) is 0 Å². The van der Waals surface area contributed by atoms with Crippen LogP contribution in [0.3, 0.4) is 0 Å². The predicted molar refractivity (Wildman–Crippen MR) is 98.6 cm³/mol. The van der Waals surface area contributed by atoms with Gasteiger partial charge in [-0.25, -0.2) is 9.69 Å². The second kappa shape index (κ2) is 6.75. The Kier molecular flexibility index (Phi) is 4.27. The van der Waals surface area contributed by atoms with Crippen LogP contribution in [0.15, 0.2) is 54.6 Å². The van der Waals surface area contributed by atoms with Gasteiger partial charge in [-0.1, -0.05) is 18.2 Å². The lowest BCUT2D eigenvalue weighted by Crippen LogP contribution is -2.64. The Hall–Kier alpha value is -3.35. The summed E-state index contributed by atoms with van der Waals surface area (Å²) in [6.45, 7) is 1.90. The number of likely N-dealkylation sites (tertiary alicyclic amines) is 1. The van der Waals surface area contributed by atoms with Gasteiger partial charge in [0.15, 0.2) is 0 Å². The zero-order valence-corrected chi connectivity index (χ0v) is 14.8. The van der Waals surface area contributed by atoms with E-state index in [1.165, 1.54) is 11.8 Å². The lowest BCUT2D eigenvalue weighted by atomic mass is 10.0. The van der Waals surface area contributed by atoms with Crippen molar-refractivity contribution in [3.05, 3.63) is 54.6 Å². The fourth-order valence-electron chi connectivity index (χ4n) is 3.59. The van der Waals surface area contributed by atoms with E-state index >= 15 is 0 Å². The van der Waals surface area contributed by atoms with E-state index < -0.39 is 12.1 Å². The van der Waals surface area contributed by atoms with E-state index in [1.807, 2.05) is 30.3 Å². The SMILES string of the molecule is CC(=O)N1CCC2NC(=O)N(c3ccc(Oc4ccccc4)cc3)C(=O)C21. The molecule has 2 aromatic rings. The number of rotatable bonds is 3. The molecule has 2 aliphatic rings. The largest absolute Gasteiger partial charge is 0.457 e. The van der Waals surface area contributed by atoms with Crippen LogP contribution in [0.1, 0.15) is 13.3 Å². The van der Waals surface area contributed by atoms with Gasteiger partial charge in [0.2, 0.25) is 5.91 Å². The van der Waals surface area contributed by atoms with Crippen LogP contribution in [0.2, 0.25) is 0 Å². The van der Waals surface area contributed by atoms with Crippen molar-refractivity contribution < 1.29 is 19.1 Å². The fourth-order valence-corrected chi connectivity index (χ4v) is 3.59. The lowest BCUT2D eigenvalue weighted by molar-refractivity contribution is -0.136. The molecule has 2 fully saturated rings.